The largest absolute Gasteiger partial charge is 0.494 e. The van der Waals surface area contributed by atoms with E-state index < -0.39 is 17.9 Å². The molecule has 144 valence electrons. The number of aryl methyl sites for hydroxylation is 1. The number of methoxy groups -OCH3 is 1. The zero-order valence-corrected chi connectivity index (χ0v) is 15.8. The summed E-state index contributed by atoms with van der Waals surface area (Å²) in [6, 6.07) is 11.8. The van der Waals surface area contributed by atoms with Crippen molar-refractivity contribution in [2.24, 2.45) is 0 Å². The van der Waals surface area contributed by atoms with Crippen molar-refractivity contribution in [3.05, 3.63) is 71.2 Å². The molecule has 0 spiro atoms. The molecule has 6 heteroatoms. The second kappa shape index (κ2) is 8.08. The van der Waals surface area contributed by atoms with Crippen molar-refractivity contribution >= 4 is 28.7 Å². The minimum atomic E-state index is -0.956. The Balaban J connectivity index is 1.70. The second-order valence-corrected chi connectivity index (χ2v) is 6.34. The zero-order chi connectivity index (χ0) is 20.3. The molecule has 0 aliphatic carbocycles. The number of ketones is 1. The van der Waals surface area contributed by atoms with Crippen molar-refractivity contribution in [2.75, 3.05) is 7.11 Å². The van der Waals surface area contributed by atoms with Crippen LogP contribution in [0.25, 0.3) is 17.0 Å². The molecule has 0 aliphatic heterocycles. The molecule has 3 aromatic rings. The molecule has 1 N–H and O–H groups in total. The molecule has 0 radical (unpaired) electrons. The van der Waals surface area contributed by atoms with E-state index in [9.17, 15) is 14.0 Å². The third kappa shape index (κ3) is 3.96. The molecule has 0 fully saturated rings. The van der Waals surface area contributed by atoms with Crippen molar-refractivity contribution in [3.63, 3.8) is 0 Å². The molecule has 0 saturated carbocycles. The molecule has 0 unspecified atom stereocenters. The lowest BCUT2D eigenvalue weighted by Crippen LogP contribution is -2.24. The van der Waals surface area contributed by atoms with Gasteiger partial charge in [-0.3, -0.25) is 4.79 Å². The van der Waals surface area contributed by atoms with Crippen LogP contribution < -0.4 is 4.74 Å². The smallest absolute Gasteiger partial charge is 0.331 e. The first-order valence-corrected chi connectivity index (χ1v) is 8.74. The molecule has 5 nitrogen and oxygen atoms in total. The highest BCUT2D eigenvalue weighted by molar-refractivity contribution is 6.11. The highest BCUT2D eigenvalue weighted by Gasteiger charge is 2.23. The van der Waals surface area contributed by atoms with Crippen LogP contribution in [0.2, 0.25) is 0 Å². The van der Waals surface area contributed by atoms with Gasteiger partial charge in [-0.2, -0.15) is 0 Å². The predicted octanol–water partition coefficient (Wildman–Crippen LogP) is 4.45. The summed E-state index contributed by atoms with van der Waals surface area (Å²) >= 11 is 0. The van der Waals surface area contributed by atoms with Gasteiger partial charge in [-0.15, -0.1) is 0 Å². The van der Waals surface area contributed by atoms with Crippen LogP contribution in [-0.4, -0.2) is 30.0 Å². The van der Waals surface area contributed by atoms with E-state index in [0.29, 0.717) is 11.1 Å². The summed E-state index contributed by atoms with van der Waals surface area (Å²) in [7, 11) is 1.37. The summed E-state index contributed by atoms with van der Waals surface area (Å²) in [5, 5.41) is 0.789. The van der Waals surface area contributed by atoms with E-state index in [-0.39, 0.29) is 11.5 Å². The standard InChI is InChI=1S/C22H20FNO4/c1-13-21(16-6-4-5-7-18(16)24-13)22(26)14(2)28-20(25)11-9-15-8-10-19(27-3)17(23)12-15/h4-12,14,24H,1-3H3/b11-9+/t14-/m0/s1. The number of Topliss-reactive ketones (excluding diaryl/α,β-unsaturated/α-hetero) is 1. The quantitative estimate of drug-likeness (QED) is 0.389. The molecule has 2 aromatic carbocycles. The first-order chi connectivity index (χ1) is 13.4. The Labute approximate surface area is 161 Å². The summed E-state index contributed by atoms with van der Waals surface area (Å²) < 4.78 is 23.8. The van der Waals surface area contributed by atoms with Crippen LogP contribution in [0.3, 0.4) is 0 Å². The van der Waals surface area contributed by atoms with Crippen LogP contribution in [0.5, 0.6) is 5.75 Å². The summed E-state index contributed by atoms with van der Waals surface area (Å²) in [4.78, 5) is 28.0. The first-order valence-electron chi connectivity index (χ1n) is 8.74. The average Bonchev–Trinajstić information content (AvgIpc) is 3.01. The van der Waals surface area contributed by atoms with Gasteiger partial charge in [0.1, 0.15) is 0 Å². The van der Waals surface area contributed by atoms with E-state index in [1.807, 2.05) is 24.3 Å². The third-order valence-electron chi connectivity index (χ3n) is 4.39. The van der Waals surface area contributed by atoms with Crippen LogP contribution in [-0.2, 0) is 9.53 Å². The second-order valence-electron chi connectivity index (χ2n) is 6.34. The number of carbonyl (C=O) groups is 2. The minimum Gasteiger partial charge on any atom is -0.494 e. The molecule has 0 amide bonds. The number of benzene rings is 2. The maximum atomic E-state index is 13.7. The van der Waals surface area contributed by atoms with Crippen molar-refractivity contribution in [1.29, 1.82) is 0 Å². The SMILES string of the molecule is COc1ccc(/C=C/C(=O)O[C@@H](C)C(=O)c2c(C)[nH]c3ccccc23)cc1F. The van der Waals surface area contributed by atoms with Gasteiger partial charge in [-0.25, -0.2) is 9.18 Å². The fraction of sp³-hybridized carbons (Fsp3) is 0.182. The summed E-state index contributed by atoms with van der Waals surface area (Å²) in [6.45, 7) is 3.34. The Morgan fingerprint density at radius 1 is 1.18 bits per heavy atom. The fourth-order valence-corrected chi connectivity index (χ4v) is 3.02. The van der Waals surface area contributed by atoms with Crippen LogP contribution in [0, 0.1) is 12.7 Å². The molecule has 1 heterocycles. The Bertz CT molecular complexity index is 1070. The van der Waals surface area contributed by atoms with Crippen molar-refractivity contribution in [3.8, 4) is 5.75 Å². The normalized spacial score (nSPS) is 12.3. The number of H-pyrrole nitrogens is 1. The van der Waals surface area contributed by atoms with Gasteiger partial charge in [0.25, 0.3) is 0 Å². The molecule has 0 bridgehead atoms. The average molecular weight is 381 g/mol. The van der Waals surface area contributed by atoms with E-state index >= 15 is 0 Å². The van der Waals surface area contributed by atoms with E-state index in [1.54, 1.807) is 13.0 Å². The lowest BCUT2D eigenvalue weighted by molar-refractivity contribution is -0.140. The number of para-hydroxylation sites is 1. The van der Waals surface area contributed by atoms with E-state index in [2.05, 4.69) is 4.98 Å². The molecule has 1 aromatic heterocycles. The van der Waals surface area contributed by atoms with Gasteiger partial charge in [0, 0.05) is 28.2 Å². The maximum absolute atomic E-state index is 13.7. The van der Waals surface area contributed by atoms with Gasteiger partial charge in [-0.05, 0) is 43.7 Å². The number of aromatic nitrogens is 1. The van der Waals surface area contributed by atoms with Gasteiger partial charge < -0.3 is 14.5 Å². The van der Waals surface area contributed by atoms with Crippen molar-refractivity contribution in [1.82, 2.24) is 4.98 Å². The number of fused-ring (bicyclic) bond motifs is 1. The van der Waals surface area contributed by atoms with Gasteiger partial charge in [0.2, 0.25) is 5.78 Å². The van der Waals surface area contributed by atoms with Gasteiger partial charge in [-0.1, -0.05) is 24.3 Å². The Morgan fingerprint density at radius 2 is 1.93 bits per heavy atom. The highest BCUT2D eigenvalue weighted by atomic mass is 19.1. The number of hydrogen-bond donors (Lipinski definition) is 1. The summed E-state index contributed by atoms with van der Waals surface area (Å²) in [6.07, 6.45) is 1.62. The van der Waals surface area contributed by atoms with E-state index in [0.717, 1.165) is 22.7 Å². The summed E-state index contributed by atoms with van der Waals surface area (Å²) in [5.41, 5.74) is 2.56. The number of hydrogen-bond acceptors (Lipinski definition) is 4. The molecule has 0 saturated heterocycles. The molecule has 28 heavy (non-hydrogen) atoms. The highest BCUT2D eigenvalue weighted by Crippen LogP contribution is 2.24. The monoisotopic (exact) mass is 381 g/mol. The number of esters is 1. The molecule has 1 atom stereocenters. The molecular formula is C22H20FNO4. The number of aromatic amines is 1. The fourth-order valence-electron chi connectivity index (χ4n) is 3.02. The van der Waals surface area contributed by atoms with Crippen LogP contribution >= 0.6 is 0 Å². The molecular weight excluding hydrogens is 361 g/mol. The Hall–Kier alpha value is -3.41. The summed E-state index contributed by atoms with van der Waals surface area (Å²) in [5.74, 6) is -1.38. The Morgan fingerprint density at radius 3 is 2.64 bits per heavy atom. The minimum absolute atomic E-state index is 0.119. The number of halogens is 1. The van der Waals surface area contributed by atoms with Gasteiger partial charge in [0.05, 0.1) is 7.11 Å². The van der Waals surface area contributed by atoms with Gasteiger partial charge in [0.15, 0.2) is 17.7 Å². The lowest BCUT2D eigenvalue weighted by Gasteiger charge is -2.11. The van der Waals surface area contributed by atoms with Crippen LogP contribution in [0.4, 0.5) is 4.39 Å². The van der Waals surface area contributed by atoms with E-state index in [4.69, 9.17) is 9.47 Å². The third-order valence-corrected chi connectivity index (χ3v) is 4.39. The van der Waals surface area contributed by atoms with Crippen molar-refractivity contribution < 1.29 is 23.5 Å². The van der Waals surface area contributed by atoms with Gasteiger partial charge >= 0.3 is 5.97 Å². The van der Waals surface area contributed by atoms with Crippen LogP contribution in [0.15, 0.2) is 48.5 Å². The Kier molecular flexibility index (Phi) is 5.59. The first kappa shape index (κ1) is 19.4. The van der Waals surface area contributed by atoms with Crippen molar-refractivity contribution in [2.45, 2.75) is 20.0 Å². The maximum Gasteiger partial charge on any atom is 0.331 e. The van der Waals surface area contributed by atoms with Crippen LogP contribution in [0.1, 0.15) is 28.5 Å². The number of rotatable bonds is 6. The molecule has 3 rings (SSSR count). The number of ether oxygens (including phenoxy) is 2. The van der Waals surface area contributed by atoms with E-state index in [1.165, 1.54) is 32.2 Å². The zero-order valence-electron chi connectivity index (χ0n) is 15.8. The number of nitrogens with one attached hydrogen (secondary N) is 1. The lowest BCUT2D eigenvalue weighted by atomic mass is 10.0. The predicted molar refractivity (Wildman–Crippen MR) is 105 cm³/mol. The number of carbonyl (C=O) groups excluding carboxylic acids is 2. The topological polar surface area (TPSA) is 68.4 Å². The molecule has 0 aliphatic rings.